The molecule has 0 amide bonds. The van der Waals surface area contributed by atoms with E-state index in [0.29, 0.717) is 0 Å². The maximum atomic E-state index is 10.5. The predicted molar refractivity (Wildman–Crippen MR) is 44.2 cm³/mol. The number of carbonyl (C=O) groups is 1. The molecule has 0 aromatic rings. The lowest BCUT2D eigenvalue weighted by Gasteiger charge is -2.22. The lowest BCUT2D eigenvalue weighted by atomic mass is 10.2. The van der Waals surface area contributed by atoms with Crippen LogP contribution in [-0.4, -0.2) is 23.6 Å². The molecule has 0 aliphatic heterocycles. The zero-order valence-corrected chi connectivity index (χ0v) is 7.75. The van der Waals surface area contributed by atoms with E-state index in [1.807, 2.05) is 20.1 Å². The number of carbonyl (C=O) groups excluding carboxylic acids is 1. The maximum Gasteiger partial charge on any atom is 0.303 e. The van der Waals surface area contributed by atoms with Gasteiger partial charge in [-0.25, -0.2) is 0 Å². The van der Waals surface area contributed by atoms with E-state index in [2.05, 4.69) is 0 Å². The highest BCUT2D eigenvalue weighted by atomic mass is 32.2. The third kappa shape index (κ3) is 4.68. The Bertz CT molecular complexity index is 121. The van der Waals surface area contributed by atoms with Gasteiger partial charge in [0.15, 0.2) is 0 Å². The zero-order valence-electron chi connectivity index (χ0n) is 6.93. The van der Waals surface area contributed by atoms with E-state index in [1.165, 1.54) is 6.92 Å². The molecule has 0 aromatic heterocycles. The first-order valence-electron chi connectivity index (χ1n) is 3.16. The lowest BCUT2D eigenvalue weighted by molar-refractivity contribution is -0.151. The van der Waals surface area contributed by atoms with Crippen molar-refractivity contribution in [2.24, 2.45) is 0 Å². The van der Waals surface area contributed by atoms with Crippen molar-refractivity contribution >= 4 is 17.7 Å². The zero-order chi connectivity index (χ0) is 8.20. The van der Waals surface area contributed by atoms with Gasteiger partial charge in [0.1, 0.15) is 5.60 Å². The summed E-state index contributed by atoms with van der Waals surface area (Å²) in [5.41, 5.74) is -0.314. The molecule has 0 rings (SSSR count). The van der Waals surface area contributed by atoms with Gasteiger partial charge in [0.05, 0.1) is 0 Å². The van der Waals surface area contributed by atoms with Gasteiger partial charge in [-0.05, 0) is 20.1 Å². The summed E-state index contributed by atoms with van der Waals surface area (Å²) in [6.45, 7) is 5.25. The summed E-state index contributed by atoms with van der Waals surface area (Å²) >= 11 is 1.67. The van der Waals surface area contributed by atoms with Gasteiger partial charge in [0, 0.05) is 12.7 Å². The monoisotopic (exact) mass is 162 g/mol. The molecule has 0 heterocycles. The van der Waals surface area contributed by atoms with Crippen molar-refractivity contribution < 1.29 is 9.53 Å². The molecule has 0 unspecified atom stereocenters. The van der Waals surface area contributed by atoms with Crippen LogP contribution in [0.4, 0.5) is 0 Å². The SMILES string of the molecule is CSCC(C)(C)OC(C)=O. The van der Waals surface area contributed by atoms with Gasteiger partial charge >= 0.3 is 5.97 Å². The van der Waals surface area contributed by atoms with Crippen LogP contribution in [0.3, 0.4) is 0 Å². The minimum absolute atomic E-state index is 0.209. The van der Waals surface area contributed by atoms with E-state index in [0.717, 1.165) is 5.75 Å². The van der Waals surface area contributed by atoms with Crippen molar-refractivity contribution in [1.29, 1.82) is 0 Å². The van der Waals surface area contributed by atoms with Crippen molar-refractivity contribution in [1.82, 2.24) is 0 Å². The summed E-state index contributed by atoms with van der Waals surface area (Å²) in [7, 11) is 0. The fraction of sp³-hybridized carbons (Fsp3) is 0.857. The van der Waals surface area contributed by atoms with E-state index in [9.17, 15) is 4.79 Å². The second kappa shape index (κ2) is 3.86. The Hall–Kier alpha value is -0.180. The summed E-state index contributed by atoms with van der Waals surface area (Å²) < 4.78 is 5.02. The third-order valence-electron chi connectivity index (χ3n) is 0.912. The highest BCUT2D eigenvalue weighted by Crippen LogP contribution is 2.14. The molecule has 0 aromatic carbocycles. The molecule has 10 heavy (non-hydrogen) atoms. The number of rotatable bonds is 3. The van der Waals surface area contributed by atoms with E-state index < -0.39 is 0 Å². The fourth-order valence-electron chi connectivity index (χ4n) is 0.766. The smallest absolute Gasteiger partial charge is 0.303 e. The maximum absolute atomic E-state index is 10.5. The first-order chi connectivity index (χ1) is 4.48. The van der Waals surface area contributed by atoms with Gasteiger partial charge in [-0.15, -0.1) is 0 Å². The van der Waals surface area contributed by atoms with Gasteiger partial charge in [-0.2, -0.15) is 11.8 Å². The number of hydrogen-bond donors (Lipinski definition) is 0. The Labute approximate surface area is 66.3 Å². The molecule has 0 fully saturated rings. The second-order valence-electron chi connectivity index (χ2n) is 2.79. The van der Waals surface area contributed by atoms with E-state index in [-0.39, 0.29) is 11.6 Å². The van der Waals surface area contributed by atoms with E-state index >= 15 is 0 Å². The van der Waals surface area contributed by atoms with Crippen LogP contribution in [0, 0.1) is 0 Å². The average Bonchev–Trinajstić information content (AvgIpc) is 1.59. The molecule has 0 bridgehead atoms. The molecule has 3 heteroatoms. The Kier molecular flexibility index (Phi) is 3.79. The minimum Gasteiger partial charge on any atom is -0.459 e. The van der Waals surface area contributed by atoms with Crippen molar-refractivity contribution in [3.8, 4) is 0 Å². The van der Waals surface area contributed by atoms with Gasteiger partial charge in [0.2, 0.25) is 0 Å². The fourth-order valence-corrected chi connectivity index (χ4v) is 1.52. The van der Waals surface area contributed by atoms with Crippen LogP contribution >= 0.6 is 11.8 Å². The molecule has 60 valence electrons. The largest absolute Gasteiger partial charge is 0.459 e. The normalized spacial score (nSPS) is 11.2. The second-order valence-corrected chi connectivity index (χ2v) is 3.65. The number of ether oxygens (including phenoxy) is 1. The Morgan fingerprint density at radius 1 is 1.60 bits per heavy atom. The molecule has 0 saturated heterocycles. The van der Waals surface area contributed by atoms with Crippen LogP contribution in [0.5, 0.6) is 0 Å². The molecule has 0 spiro atoms. The summed E-state index contributed by atoms with van der Waals surface area (Å²) in [6, 6.07) is 0. The van der Waals surface area contributed by atoms with Gasteiger partial charge in [-0.3, -0.25) is 4.79 Å². The summed E-state index contributed by atoms with van der Waals surface area (Å²) in [5.74, 6) is 0.631. The summed E-state index contributed by atoms with van der Waals surface area (Å²) in [4.78, 5) is 10.5. The topological polar surface area (TPSA) is 26.3 Å². The molecule has 0 aliphatic carbocycles. The van der Waals surface area contributed by atoms with E-state index in [1.54, 1.807) is 11.8 Å². The Morgan fingerprint density at radius 2 is 2.10 bits per heavy atom. The van der Waals surface area contributed by atoms with Crippen molar-refractivity contribution in [3.05, 3.63) is 0 Å². The quantitative estimate of drug-likeness (QED) is 0.591. The molecule has 0 N–H and O–H groups in total. The Balaban J connectivity index is 3.74. The van der Waals surface area contributed by atoms with Crippen LogP contribution < -0.4 is 0 Å². The number of thioether (sulfide) groups is 1. The summed E-state index contributed by atoms with van der Waals surface area (Å²) in [5, 5.41) is 0. The van der Waals surface area contributed by atoms with Crippen molar-refractivity contribution in [2.45, 2.75) is 26.4 Å². The summed E-state index contributed by atoms with van der Waals surface area (Å²) in [6.07, 6.45) is 1.99. The molecular weight excluding hydrogens is 148 g/mol. The van der Waals surface area contributed by atoms with Gasteiger partial charge < -0.3 is 4.74 Å². The van der Waals surface area contributed by atoms with E-state index in [4.69, 9.17) is 4.74 Å². The standard InChI is InChI=1S/C7H14O2S/c1-6(8)9-7(2,3)5-10-4/h5H2,1-4H3. The predicted octanol–water partition coefficient (Wildman–Crippen LogP) is 1.69. The molecule has 0 aliphatic rings. The highest BCUT2D eigenvalue weighted by Gasteiger charge is 2.19. The highest BCUT2D eigenvalue weighted by molar-refractivity contribution is 7.98. The van der Waals surface area contributed by atoms with Crippen LogP contribution in [0.2, 0.25) is 0 Å². The minimum atomic E-state index is -0.314. The van der Waals surface area contributed by atoms with Crippen LogP contribution in [0.25, 0.3) is 0 Å². The van der Waals surface area contributed by atoms with Gasteiger partial charge in [0.25, 0.3) is 0 Å². The van der Waals surface area contributed by atoms with Crippen molar-refractivity contribution in [2.75, 3.05) is 12.0 Å². The first-order valence-corrected chi connectivity index (χ1v) is 4.56. The van der Waals surface area contributed by atoms with Gasteiger partial charge in [-0.1, -0.05) is 0 Å². The molecular formula is C7H14O2S. The van der Waals surface area contributed by atoms with Crippen LogP contribution in [-0.2, 0) is 9.53 Å². The molecule has 0 saturated carbocycles. The number of hydrogen-bond acceptors (Lipinski definition) is 3. The Morgan fingerprint density at radius 3 is 2.40 bits per heavy atom. The first kappa shape index (κ1) is 9.82. The molecule has 0 atom stereocenters. The van der Waals surface area contributed by atoms with Crippen LogP contribution in [0.15, 0.2) is 0 Å². The number of esters is 1. The average molecular weight is 162 g/mol. The van der Waals surface area contributed by atoms with Crippen LogP contribution in [0.1, 0.15) is 20.8 Å². The van der Waals surface area contributed by atoms with Crippen molar-refractivity contribution in [3.63, 3.8) is 0 Å². The third-order valence-corrected chi connectivity index (χ3v) is 1.90. The molecule has 0 radical (unpaired) electrons. The molecule has 2 nitrogen and oxygen atoms in total. The lowest BCUT2D eigenvalue weighted by Crippen LogP contribution is -2.29.